The molecule has 4 rings (SSSR count). The van der Waals surface area contributed by atoms with E-state index in [1.54, 1.807) is 0 Å². The Balaban J connectivity index is 1.76. The van der Waals surface area contributed by atoms with E-state index in [2.05, 4.69) is 84.8 Å². The van der Waals surface area contributed by atoms with Crippen molar-refractivity contribution in [1.82, 2.24) is 5.06 Å². The molecule has 0 spiro atoms. The average molecular weight is 301 g/mol. The van der Waals surface area contributed by atoms with Crippen LogP contribution in [0.5, 0.6) is 0 Å². The highest BCUT2D eigenvalue weighted by Gasteiger charge is 2.60. The maximum absolute atomic E-state index is 6.23. The largest absolute Gasteiger partial charge is 0.260 e. The van der Waals surface area contributed by atoms with Crippen LogP contribution in [0.3, 0.4) is 0 Å². The molecule has 1 saturated heterocycles. The van der Waals surface area contributed by atoms with Crippen LogP contribution < -0.4 is 0 Å². The van der Waals surface area contributed by atoms with E-state index in [0.29, 0.717) is 0 Å². The van der Waals surface area contributed by atoms with Gasteiger partial charge in [0.2, 0.25) is 5.72 Å². The SMILES string of the molecule is C[C@H](c1ccccc1)N1OC1(c1ccccc1)c1ccccc1. The Kier molecular flexibility index (Phi) is 3.49. The lowest BCUT2D eigenvalue weighted by atomic mass is 9.95. The summed E-state index contributed by atoms with van der Waals surface area (Å²) in [5.41, 5.74) is 3.09. The third-order valence-corrected chi connectivity index (χ3v) is 4.47. The molecule has 1 heterocycles. The predicted molar refractivity (Wildman–Crippen MR) is 91.4 cm³/mol. The number of hydrogen-bond donors (Lipinski definition) is 0. The molecule has 3 aromatic rings. The van der Waals surface area contributed by atoms with E-state index >= 15 is 0 Å². The molecule has 2 heteroatoms. The predicted octanol–water partition coefficient (Wildman–Crippen LogP) is 4.90. The molecule has 0 radical (unpaired) electrons. The summed E-state index contributed by atoms with van der Waals surface area (Å²) in [6.07, 6.45) is 0. The summed E-state index contributed by atoms with van der Waals surface area (Å²) in [5.74, 6) is 0. The van der Waals surface area contributed by atoms with Crippen molar-refractivity contribution in [3.8, 4) is 0 Å². The summed E-state index contributed by atoms with van der Waals surface area (Å²) < 4.78 is 0. The molecule has 1 fully saturated rings. The molecule has 1 unspecified atom stereocenters. The normalized spacial score (nSPS) is 20.0. The van der Waals surface area contributed by atoms with Crippen LogP contribution in [0.15, 0.2) is 91.0 Å². The molecule has 0 amide bonds. The second-order valence-corrected chi connectivity index (χ2v) is 5.88. The Labute approximate surface area is 136 Å². The van der Waals surface area contributed by atoms with Gasteiger partial charge in [0.15, 0.2) is 0 Å². The molecule has 0 saturated carbocycles. The number of nitrogens with zero attached hydrogens (tertiary/aromatic N) is 1. The zero-order valence-electron chi connectivity index (χ0n) is 13.1. The standard InChI is InChI=1S/C21H19NO/c1-17(18-11-5-2-6-12-18)22-21(23-22,19-13-7-3-8-14-19)20-15-9-4-10-16-20/h2-17H,1H3/t17-,22?/m1/s1. The second-order valence-electron chi connectivity index (χ2n) is 5.88. The van der Waals surface area contributed by atoms with Gasteiger partial charge in [0.05, 0.1) is 6.04 Å². The van der Waals surface area contributed by atoms with Crippen molar-refractivity contribution in [1.29, 1.82) is 0 Å². The third-order valence-electron chi connectivity index (χ3n) is 4.47. The van der Waals surface area contributed by atoms with Crippen molar-refractivity contribution in [2.45, 2.75) is 18.7 Å². The van der Waals surface area contributed by atoms with E-state index in [1.807, 2.05) is 18.2 Å². The Morgan fingerprint density at radius 1 is 0.696 bits per heavy atom. The number of rotatable bonds is 4. The number of hydroxylamine groups is 2. The van der Waals surface area contributed by atoms with Crippen LogP contribution in [0.25, 0.3) is 0 Å². The van der Waals surface area contributed by atoms with Crippen LogP contribution in [0.2, 0.25) is 0 Å². The van der Waals surface area contributed by atoms with E-state index in [0.717, 1.165) is 11.1 Å². The molecule has 1 aliphatic heterocycles. The van der Waals surface area contributed by atoms with Crippen molar-refractivity contribution in [3.05, 3.63) is 108 Å². The summed E-state index contributed by atoms with van der Waals surface area (Å²) >= 11 is 0. The van der Waals surface area contributed by atoms with E-state index in [1.165, 1.54) is 5.56 Å². The molecule has 2 atom stereocenters. The highest BCUT2D eigenvalue weighted by Crippen LogP contribution is 2.54. The molecule has 0 N–H and O–H groups in total. The van der Waals surface area contributed by atoms with Gasteiger partial charge in [0.1, 0.15) is 0 Å². The maximum atomic E-state index is 6.23. The Morgan fingerprint density at radius 2 is 1.13 bits per heavy atom. The van der Waals surface area contributed by atoms with E-state index in [-0.39, 0.29) is 6.04 Å². The lowest BCUT2D eigenvalue weighted by Gasteiger charge is -2.17. The Hall–Kier alpha value is -2.42. The summed E-state index contributed by atoms with van der Waals surface area (Å²) in [5, 5.41) is 2.09. The zero-order valence-corrected chi connectivity index (χ0v) is 13.1. The summed E-state index contributed by atoms with van der Waals surface area (Å²) in [6, 6.07) is 31.5. The first-order chi connectivity index (χ1) is 11.3. The smallest absolute Gasteiger partial charge is 0.216 e. The fourth-order valence-corrected chi connectivity index (χ4v) is 3.20. The molecule has 23 heavy (non-hydrogen) atoms. The Morgan fingerprint density at radius 3 is 1.61 bits per heavy atom. The van der Waals surface area contributed by atoms with E-state index in [9.17, 15) is 0 Å². The van der Waals surface area contributed by atoms with Crippen LogP contribution in [0, 0.1) is 0 Å². The first-order valence-electron chi connectivity index (χ1n) is 7.97. The van der Waals surface area contributed by atoms with Crippen LogP contribution in [-0.2, 0) is 10.6 Å². The van der Waals surface area contributed by atoms with Gasteiger partial charge in [0, 0.05) is 11.1 Å². The van der Waals surface area contributed by atoms with Gasteiger partial charge in [0.25, 0.3) is 0 Å². The van der Waals surface area contributed by atoms with Crippen LogP contribution >= 0.6 is 0 Å². The topological polar surface area (TPSA) is 15.5 Å². The minimum Gasteiger partial charge on any atom is -0.260 e. The van der Waals surface area contributed by atoms with Gasteiger partial charge in [-0.15, -0.1) is 5.06 Å². The van der Waals surface area contributed by atoms with Crippen molar-refractivity contribution in [2.75, 3.05) is 0 Å². The molecule has 0 aliphatic carbocycles. The average Bonchev–Trinajstić information content (AvgIpc) is 3.40. The van der Waals surface area contributed by atoms with Crippen LogP contribution in [0.4, 0.5) is 0 Å². The molecule has 0 bridgehead atoms. The van der Waals surface area contributed by atoms with Crippen LogP contribution in [-0.4, -0.2) is 5.06 Å². The monoisotopic (exact) mass is 301 g/mol. The third kappa shape index (κ3) is 2.37. The number of hydrogen-bond acceptors (Lipinski definition) is 2. The van der Waals surface area contributed by atoms with Crippen LogP contribution in [0.1, 0.15) is 29.7 Å². The molecule has 0 aromatic heterocycles. The first kappa shape index (κ1) is 14.2. The summed E-state index contributed by atoms with van der Waals surface area (Å²) in [6.45, 7) is 2.18. The zero-order chi connectivity index (χ0) is 15.7. The van der Waals surface area contributed by atoms with E-state index < -0.39 is 5.72 Å². The quantitative estimate of drug-likeness (QED) is 0.637. The van der Waals surface area contributed by atoms with E-state index in [4.69, 9.17) is 4.84 Å². The maximum Gasteiger partial charge on any atom is 0.216 e. The van der Waals surface area contributed by atoms with Gasteiger partial charge in [-0.1, -0.05) is 91.0 Å². The van der Waals surface area contributed by atoms with Gasteiger partial charge >= 0.3 is 0 Å². The minimum absolute atomic E-state index is 0.177. The first-order valence-corrected chi connectivity index (χ1v) is 7.97. The Bertz CT molecular complexity index is 731. The minimum atomic E-state index is -0.488. The van der Waals surface area contributed by atoms with Crippen molar-refractivity contribution < 1.29 is 4.84 Å². The highest BCUT2D eigenvalue weighted by molar-refractivity contribution is 5.39. The fraction of sp³-hybridized carbons (Fsp3) is 0.143. The molecule has 3 aromatic carbocycles. The highest BCUT2D eigenvalue weighted by atomic mass is 16.9. The second kappa shape index (κ2) is 5.65. The molecule has 2 nitrogen and oxygen atoms in total. The molecular weight excluding hydrogens is 282 g/mol. The molecule has 114 valence electrons. The lowest BCUT2D eigenvalue weighted by Crippen LogP contribution is -2.20. The van der Waals surface area contributed by atoms with Gasteiger partial charge in [-0.2, -0.15) is 0 Å². The van der Waals surface area contributed by atoms with Crippen molar-refractivity contribution in [2.24, 2.45) is 0 Å². The summed E-state index contributed by atoms with van der Waals surface area (Å²) in [4.78, 5) is 6.23. The number of benzene rings is 3. The van der Waals surface area contributed by atoms with Gasteiger partial charge in [-0.3, -0.25) is 4.84 Å². The summed E-state index contributed by atoms with van der Waals surface area (Å²) in [7, 11) is 0. The van der Waals surface area contributed by atoms with Gasteiger partial charge < -0.3 is 0 Å². The fourth-order valence-electron chi connectivity index (χ4n) is 3.20. The van der Waals surface area contributed by atoms with Crippen molar-refractivity contribution >= 4 is 0 Å². The van der Waals surface area contributed by atoms with Crippen molar-refractivity contribution in [3.63, 3.8) is 0 Å². The van der Waals surface area contributed by atoms with Gasteiger partial charge in [-0.25, -0.2) is 0 Å². The molecular formula is C21H19NO. The molecule has 1 aliphatic rings. The lowest BCUT2D eigenvalue weighted by molar-refractivity contribution is 0.154. The van der Waals surface area contributed by atoms with Gasteiger partial charge in [-0.05, 0) is 12.5 Å².